The van der Waals surface area contributed by atoms with Gasteiger partial charge in [-0.2, -0.15) is 0 Å². The molecule has 3 heteroatoms. The quantitative estimate of drug-likeness (QED) is 0.215. The number of nitrogens with zero attached hydrogens (tertiary/aromatic N) is 1. The Kier molecular flexibility index (Phi) is 9.22. The SMILES string of the molecule is CCCCCCCCCCN1C(=O)c2ccccc2C12c1cc(C)c(CCC)cc1Nc1cc(CCC)c(C)cc12. The third-order valence-corrected chi connectivity index (χ3v) is 9.47. The van der Waals surface area contributed by atoms with Crippen molar-refractivity contribution in [2.45, 2.75) is 117 Å². The maximum atomic E-state index is 14.3. The maximum absolute atomic E-state index is 14.3. The Morgan fingerprint density at radius 3 is 1.76 bits per heavy atom. The number of nitrogens with one attached hydrogen (secondary N) is 1. The molecule has 0 saturated heterocycles. The molecule has 0 saturated carbocycles. The first-order valence-corrected chi connectivity index (χ1v) is 16.4. The van der Waals surface area contributed by atoms with Crippen molar-refractivity contribution in [1.29, 1.82) is 0 Å². The summed E-state index contributed by atoms with van der Waals surface area (Å²) >= 11 is 0. The maximum Gasteiger partial charge on any atom is 0.255 e. The van der Waals surface area contributed by atoms with Gasteiger partial charge in [0.15, 0.2) is 0 Å². The average molecular weight is 551 g/mol. The highest BCUT2D eigenvalue weighted by molar-refractivity contribution is 6.03. The summed E-state index contributed by atoms with van der Waals surface area (Å²) in [6.45, 7) is 12.0. The van der Waals surface area contributed by atoms with Crippen molar-refractivity contribution in [3.8, 4) is 0 Å². The summed E-state index contributed by atoms with van der Waals surface area (Å²) in [7, 11) is 0. The number of amides is 1. The number of rotatable bonds is 13. The number of carbonyl (C=O) groups excluding carboxylic acids is 1. The van der Waals surface area contributed by atoms with Gasteiger partial charge >= 0.3 is 0 Å². The largest absolute Gasteiger partial charge is 0.355 e. The molecule has 0 unspecified atom stereocenters. The Balaban J connectivity index is 1.63. The van der Waals surface area contributed by atoms with E-state index < -0.39 is 5.54 Å². The Morgan fingerprint density at radius 1 is 0.659 bits per heavy atom. The summed E-state index contributed by atoms with van der Waals surface area (Å²) in [5.41, 5.74) is 11.6. The predicted octanol–water partition coefficient (Wildman–Crippen LogP) is 10.2. The summed E-state index contributed by atoms with van der Waals surface area (Å²) in [5.74, 6) is 0.174. The summed E-state index contributed by atoms with van der Waals surface area (Å²) in [4.78, 5) is 16.6. The molecule has 0 aromatic heterocycles. The zero-order chi connectivity index (χ0) is 29.0. The molecule has 2 aliphatic heterocycles. The van der Waals surface area contributed by atoms with Crippen molar-refractivity contribution in [2.75, 3.05) is 11.9 Å². The first-order chi connectivity index (χ1) is 20.0. The van der Waals surface area contributed by atoms with E-state index >= 15 is 0 Å². The highest BCUT2D eigenvalue weighted by Gasteiger charge is 2.55. The van der Waals surface area contributed by atoms with Crippen molar-refractivity contribution in [1.82, 2.24) is 4.90 Å². The lowest BCUT2D eigenvalue weighted by atomic mass is 9.71. The molecule has 1 spiro atoms. The van der Waals surface area contributed by atoms with Gasteiger partial charge in [-0.1, -0.05) is 109 Å². The van der Waals surface area contributed by atoms with Crippen LogP contribution in [0.2, 0.25) is 0 Å². The molecule has 3 aromatic rings. The summed E-state index contributed by atoms with van der Waals surface area (Å²) in [6, 6.07) is 17.9. The van der Waals surface area contributed by atoms with Gasteiger partial charge in [-0.25, -0.2) is 0 Å². The molecule has 0 bridgehead atoms. The standard InChI is InChI=1S/C38H50N2O/c1-6-9-10-11-12-13-14-17-22-40-37(41)31-20-15-16-21-32(31)38(40)33-23-27(4)29(18-7-2)25-35(33)39-36-26-30(19-8-3)28(5)24-34(36)38/h15-16,20-21,23-26,39H,6-14,17-19,22H2,1-5H3. The minimum atomic E-state index is -0.615. The van der Waals surface area contributed by atoms with Gasteiger partial charge in [-0.15, -0.1) is 0 Å². The zero-order valence-electron chi connectivity index (χ0n) is 26.2. The lowest BCUT2D eigenvalue weighted by Crippen LogP contribution is -2.48. The third-order valence-electron chi connectivity index (χ3n) is 9.47. The number of fused-ring (bicyclic) bond motifs is 6. The van der Waals surface area contributed by atoms with E-state index in [2.05, 4.69) is 81.2 Å². The highest BCUT2D eigenvalue weighted by Crippen LogP contribution is 2.56. The van der Waals surface area contributed by atoms with Crippen molar-refractivity contribution in [3.63, 3.8) is 0 Å². The van der Waals surface area contributed by atoms with Crippen LogP contribution in [0.15, 0.2) is 48.5 Å². The van der Waals surface area contributed by atoms with Gasteiger partial charge < -0.3 is 10.2 Å². The van der Waals surface area contributed by atoms with E-state index in [1.807, 2.05) is 12.1 Å². The fourth-order valence-corrected chi connectivity index (χ4v) is 7.36. The second-order valence-corrected chi connectivity index (χ2v) is 12.5. The van der Waals surface area contributed by atoms with Gasteiger partial charge in [0.05, 0.1) is 0 Å². The van der Waals surface area contributed by atoms with E-state index in [1.165, 1.54) is 78.3 Å². The van der Waals surface area contributed by atoms with Crippen LogP contribution in [0.3, 0.4) is 0 Å². The van der Waals surface area contributed by atoms with Crippen molar-refractivity contribution in [2.24, 2.45) is 0 Å². The van der Waals surface area contributed by atoms with E-state index in [1.54, 1.807) is 0 Å². The number of anilines is 2. The average Bonchev–Trinajstić information content (AvgIpc) is 3.21. The first-order valence-electron chi connectivity index (χ1n) is 16.4. The number of carbonyl (C=O) groups is 1. The van der Waals surface area contributed by atoms with E-state index in [9.17, 15) is 4.79 Å². The molecule has 1 amide bonds. The number of hydrogen-bond donors (Lipinski definition) is 1. The molecule has 2 heterocycles. The minimum absolute atomic E-state index is 0.174. The monoisotopic (exact) mass is 550 g/mol. The molecule has 2 aliphatic rings. The molecule has 41 heavy (non-hydrogen) atoms. The summed E-state index contributed by atoms with van der Waals surface area (Å²) in [5, 5.41) is 3.87. The number of unbranched alkanes of at least 4 members (excludes halogenated alkanes) is 7. The van der Waals surface area contributed by atoms with Crippen LogP contribution in [0.4, 0.5) is 11.4 Å². The molecule has 3 aromatic carbocycles. The van der Waals surface area contributed by atoms with Crippen LogP contribution in [0, 0.1) is 13.8 Å². The van der Waals surface area contributed by atoms with Crippen LogP contribution < -0.4 is 5.32 Å². The van der Waals surface area contributed by atoms with Crippen LogP contribution in [0.1, 0.15) is 134 Å². The predicted molar refractivity (Wildman–Crippen MR) is 174 cm³/mol. The molecule has 0 radical (unpaired) electrons. The van der Waals surface area contributed by atoms with E-state index in [-0.39, 0.29) is 5.91 Å². The summed E-state index contributed by atoms with van der Waals surface area (Å²) in [6.07, 6.45) is 14.4. The molecule has 0 aliphatic carbocycles. The lowest BCUT2D eigenvalue weighted by Gasteiger charge is -2.46. The Morgan fingerprint density at radius 2 is 1.20 bits per heavy atom. The van der Waals surface area contributed by atoms with Gasteiger partial charge in [0, 0.05) is 34.6 Å². The van der Waals surface area contributed by atoms with Crippen molar-refractivity contribution in [3.05, 3.63) is 93.0 Å². The molecule has 3 nitrogen and oxygen atoms in total. The van der Waals surface area contributed by atoms with Crippen LogP contribution in [-0.4, -0.2) is 17.4 Å². The minimum Gasteiger partial charge on any atom is -0.355 e. The van der Waals surface area contributed by atoms with Gasteiger partial charge in [-0.05, 0) is 79.1 Å². The van der Waals surface area contributed by atoms with Gasteiger partial charge in [0.25, 0.3) is 5.91 Å². The molecule has 0 atom stereocenters. The van der Waals surface area contributed by atoms with E-state index in [0.717, 1.165) is 61.2 Å². The Bertz CT molecular complexity index is 1330. The fraction of sp³-hybridized carbons (Fsp3) is 0.500. The van der Waals surface area contributed by atoms with Crippen LogP contribution in [0.25, 0.3) is 0 Å². The first kappa shape index (κ1) is 29.4. The lowest BCUT2D eigenvalue weighted by molar-refractivity contribution is 0.0672. The smallest absolute Gasteiger partial charge is 0.255 e. The molecular weight excluding hydrogens is 500 g/mol. The van der Waals surface area contributed by atoms with E-state index in [0.29, 0.717) is 0 Å². The zero-order valence-corrected chi connectivity index (χ0v) is 26.2. The number of hydrogen-bond acceptors (Lipinski definition) is 2. The highest BCUT2D eigenvalue weighted by atomic mass is 16.2. The summed E-state index contributed by atoms with van der Waals surface area (Å²) < 4.78 is 0. The second-order valence-electron chi connectivity index (χ2n) is 12.5. The van der Waals surface area contributed by atoms with Crippen LogP contribution >= 0.6 is 0 Å². The van der Waals surface area contributed by atoms with Crippen molar-refractivity contribution >= 4 is 17.3 Å². The van der Waals surface area contributed by atoms with E-state index in [4.69, 9.17) is 0 Å². The molecule has 0 fully saturated rings. The molecule has 1 N–H and O–H groups in total. The van der Waals surface area contributed by atoms with Crippen LogP contribution in [-0.2, 0) is 18.4 Å². The second kappa shape index (κ2) is 12.8. The van der Waals surface area contributed by atoms with Crippen molar-refractivity contribution < 1.29 is 4.79 Å². The topological polar surface area (TPSA) is 32.3 Å². The number of benzene rings is 3. The number of aryl methyl sites for hydroxylation is 4. The fourth-order valence-electron chi connectivity index (χ4n) is 7.36. The Hall–Kier alpha value is -3.07. The van der Waals surface area contributed by atoms with Crippen LogP contribution in [0.5, 0.6) is 0 Å². The molecule has 218 valence electrons. The van der Waals surface area contributed by atoms with Gasteiger partial charge in [0.1, 0.15) is 5.54 Å². The Labute approximate surface area is 248 Å². The third kappa shape index (κ3) is 5.33. The normalized spacial score (nSPS) is 14.7. The molecule has 5 rings (SSSR count). The molecular formula is C38H50N2O. The van der Waals surface area contributed by atoms with Gasteiger partial charge in [-0.3, -0.25) is 4.79 Å². The van der Waals surface area contributed by atoms with Gasteiger partial charge in [0.2, 0.25) is 0 Å².